The lowest BCUT2D eigenvalue weighted by Crippen LogP contribution is -2.10. The number of carbonyl (C=O) groups excluding carboxylic acids is 1. The van der Waals surface area contributed by atoms with Crippen molar-refractivity contribution in [3.05, 3.63) is 28.8 Å². The fraction of sp³-hybridized carbons (Fsp3) is 0.364. The van der Waals surface area contributed by atoms with Gasteiger partial charge >= 0.3 is 0 Å². The van der Waals surface area contributed by atoms with Gasteiger partial charge < -0.3 is 4.74 Å². The van der Waals surface area contributed by atoms with Crippen molar-refractivity contribution < 1.29 is 9.53 Å². The second-order valence-corrected chi connectivity index (χ2v) is 5.11. The normalized spacial score (nSPS) is 12.3. The van der Waals surface area contributed by atoms with Crippen LogP contribution >= 0.6 is 27.5 Å². The SMILES string of the molecule is COc1ccc(C(=O)C(Cl)Br)c(C)c1C. The smallest absolute Gasteiger partial charge is 0.191 e. The zero-order valence-electron chi connectivity index (χ0n) is 8.80. The molecule has 0 aliphatic heterocycles. The number of alkyl halides is 2. The zero-order valence-corrected chi connectivity index (χ0v) is 11.1. The van der Waals surface area contributed by atoms with Gasteiger partial charge in [0.25, 0.3) is 0 Å². The Labute approximate surface area is 103 Å². The Bertz CT molecular complexity index is 388. The molecule has 82 valence electrons. The van der Waals surface area contributed by atoms with Gasteiger partial charge in [-0.05, 0) is 37.1 Å². The molecule has 0 radical (unpaired) electrons. The molecule has 0 N–H and O–H groups in total. The summed E-state index contributed by atoms with van der Waals surface area (Å²) in [5.74, 6) is 0.657. The predicted molar refractivity (Wildman–Crippen MR) is 65.4 cm³/mol. The van der Waals surface area contributed by atoms with Crippen LogP contribution in [0.3, 0.4) is 0 Å². The number of hydrogen-bond donors (Lipinski definition) is 0. The van der Waals surface area contributed by atoms with Gasteiger partial charge in [0.05, 0.1) is 7.11 Å². The third-order valence-electron chi connectivity index (χ3n) is 2.42. The summed E-state index contributed by atoms with van der Waals surface area (Å²) in [4.78, 5) is 11.7. The highest BCUT2D eigenvalue weighted by Crippen LogP contribution is 2.26. The van der Waals surface area contributed by atoms with E-state index >= 15 is 0 Å². The van der Waals surface area contributed by atoms with E-state index in [1.165, 1.54) is 0 Å². The summed E-state index contributed by atoms with van der Waals surface area (Å²) in [6.45, 7) is 3.81. The lowest BCUT2D eigenvalue weighted by Gasteiger charge is -2.12. The number of rotatable bonds is 3. The molecule has 0 saturated heterocycles. The van der Waals surface area contributed by atoms with Crippen molar-refractivity contribution in [3.8, 4) is 5.75 Å². The minimum absolute atomic E-state index is 0.125. The van der Waals surface area contributed by atoms with E-state index in [0.29, 0.717) is 5.56 Å². The number of ether oxygens (including phenoxy) is 1. The van der Waals surface area contributed by atoms with Crippen molar-refractivity contribution in [1.29, 1.82) is 0 Å². The molecule has 0 spiro atoms. The molecule has 1 rings (SSSR count). The number of hydrogen-bond acceptors (Lipinski definition) is 2. The van der Waals surface area contributed by atoms with E-state index in [4.69, 9.17) is 16.3 Å². The van der Waals surface area contributed by atoms with Crippen LogP contribution in [0.4, 0.5) is 0 Å². The first-order valence-electron chi connectivity index (χ1n) is 4.45. The highest BCUT2D eigenvalue weighted by atomic mass is 79.9. The summed E-state index contributed by atoms with van der Waals surface area (Å²) in [5, 5.41) is 0. The average Bonchev–Trinajstić information content (AvgIpc) is 2.21. The number of ketones is 1. The van der Waals surface area contributed by atoms with Crippen molar-refractivity contribution in [2.75, 3.05) is 7.11 Å². The number of halogens is 2. The van der Waals surface area contributed by atoms with E-state index in [-0.39, 0.29) is 5.78 Å². The van der Waals surface area contributed by atoms with Crippen LogP contribution in [0.2, 0.25) is 0 Å². The van der Waals surface area contributed by atoms with Gasteiger partial charge in [0, 0.05) is 5.56 Å². The van der Waals surface area contributed by atoms with Crippen LogP contribution in [0.15, 0.2) is 12.1 Å². The summed E-state index contributed by atoms with van der Waals surface area (Å²) < 4.78 is 4.49. The Balaban J connectivity index is 3.23. The van der Waals surface area contributed by atoms with Gasteiger partial charge in [0.15, 0.2) is 10.1 Å². The Morgan fingerprint density at radius 1 is 1.40 bits per heavy atom. The largest absolute Gasteiger partial charge is 0.496 e. The molecule has 0 aliphatic carbocycles. The summed E-state index contributed by atoms with van der Waals surface area (Å²) in [7, 11) is 1.61. The maximum Gasteiger partial charge on any atom is 0.191 e. The van der Waals surface area contributed by atoms with E-state index in [0.717, 1.165) is 16.9 Å². The average molecular weight is 292 g/mol. The van der Waals surface area contributed by atoms with Crippen LogP contribution in [-0.4, -0.2) is 17.2 Å². The second-order valence-electron chi connectivity index (χ2n) is 3.23. The van der Waals surface area contributed by atoms with Crippen molar-refractivity contribution in [2.45, 2.75) is 18.1 Å². The van der Waals surface area contributed by atoms with Gasteiger partial charge in [-0.25, -0.2) is 0 Å². The van der Waals surface area contributed by atoms with Gasteiger partial charge in [-0.15, -0.1) is 11.6 Å². The molecule has 15 heavy (non-hydrogen) atoms. The number of benzene rings is 1. The fourth-order valence-corrected chi connectivity index (χ4v) is 1.77. The molecule has 4 heteroatoms. The molecule has 0 bridgehead atoms. The van der Waals surface area contributed by atoms with Crippen molar-refractivity contribution in [2.24, 2.45) is 0 Å². The topological polar surface area (TPSA) is 26.3 Å². The molecule has 0 aromatic heterocycles. The molecule has 1 aromatic rings. The zero-order chi connectivity index (χ0) is 11.6. The van der Waals surface area contributed by atoms with Crippen LogP contribution < -0.4 is 4.74 Å². The highest BCUT2D eigenvalue weighted by Gasteiger charge is 2.18. The molecule has 0 saturated carbocycles. The van der Waals surface area contributed by atoms with Gasteiger partial charge in [0.2, 0.25) is 0 Å². The molecule has 1 atom stereocenters. The highest BCUT2D eigenvalue weighted by molar-refractivity contribution is 9.10. The third kappa shape index (κ3) is 2.52. The van der Waals surface area contributed by atoms with Gasteiger partial charge in [-0.2, -0.15) is 0 Å². The molecule has 2 nitrogen and oxygen atoms in total. The monoisotopic (exact) mass is 290 g/mol. The number of methoxy groups -OCH3 is 1. The van der Waals surface area contributed by atoms with Gasteiger partial charge in [-0.3, -0.25) is 4.79 Å². The fourth-order valence-electron chi connectivity index (χ4n) is 1.40. The summed E-state index contributed by atoms with van der Waals surface area (Å²) >= 11 is 8.75. The summed E-state index contributed by atoms with van der Waals surface area (Å²) in [5.41, 5.74) is 2.50. The van der Waals surface area contributed by atoms with Crippen LogP contribution in [0.1, 0.15) is 21.5 Å². The standard InChI is InChI=1S/C11H12BrClO2/c1-6-7(2)9(15-3)5-4-8(6)10(14)11(12)13/h4-5,11H,1-3H3. The Morgan fingerprint density at radius 2 is 2.00 bits per heavy atom. The van der Waals surface area contributed by atoms with Crippen LogP contribution in [0.5, 0.6) is 5.75 Å². The van der Waals surface area contributed by atoms with E-state index in [1.807, 2.05) is 13.8 Å². The molecule has 1 aromatic carbocycles. The van der Waals surface area contributed by atoms with E-state index < -0.39 is 4.29 Å². The molecule has 0 aliphatic rings. The first-order valence-corrected chi connectivity index (χ1v) is 5.80. The summed E-state index contributed by atoms with van der Waals surface area (Å²) in [6.07, 6.45) is 0. The minimum atomic E-state index is -0.677. The Morgan fingerprint density at radius 3 is 2.47 bits per heavy atom. The molecular weight excluding hydrogens is 279 g/mol. The summed E-state index contributed by atoms with van der Waals surface area (Å²) in [6, 6.07) is 3.52. The lowest BCUT2D eigenvalue weighted by atomic mass is 10.00. The van der Waals surface area contributed by atoms with Crippen molar-refractivity contribution >= 4 is 33.3 Å². The van der Waals surface area contributed by atoms with Crippen LogP contribution in [0.25, 0.3) is 0 Å². The lowest BCUT2D eigenvalue weighted by molar-refractivity contribution is 0.101. The van der Waals surface area contributed by atoms with E-state index in [2.05, 4.69) is 15.9 Å². The quantitative estimate of drug-likeness (QED) is 0.630. The first-order chi connectivity index (χ1) is 6.99. The maximum absolute atomic E-state index is 11.7. The van der Waals surface area contributed by atoms with Gasteiger partial charge in [0.1, 0.15) is 5.75 Å². The second kappa shape index (κ2) is 4.99. The van der Waals surface area contributed by atoms with Crippen molar-refractivity contribution in [1.82, 2.24) is 0 Å². The predicted octanol–water partition coefficient (Wildman–Crippen LogP) is 3.45. The maximum atomic E-state index is 11.7. The van der Waals surface area contributed by atoms with Gasteiger partial charge in [-0.1, -0.05) is 15.9 Å². The molecule has 0 fully saturated rings. The van der Waals surface area contributed by atoms with Crippen LogP contribution in [0, 0.1) is 13.8 Å². The van der Waals surface area contributed by atoms with E-state index in [9.17, 15) is 4.79 Å². The molecular formula is C11H12BrClO2. The molecule has 1 unspecified atom stereocenters. The first kappa shape index (κ1) is 12.5. The number of Topliss-reactive ketones (excluding diaryl/α,β-unsaturated/α-hetero) is 1. The van der Waals surface area contributed by atoms with Crippen molar-refractivity contribution in [3.63, 3.8) is 0 Å². The van der Waals surface area contributed by atoms with E-state index in [1.54, 1.807) is 19.2 Å². The number of carbonyl (C=O) groups is 1. The third-order valence-corrected chi connectivity index (χ3v) is 3.04. The Hall–Kier alpha value is -0.540. The molecule has 0 amide bonds. The van der Waals surface area contributed by atoms with Crippen LogP contribution in [-0.2, 0) is 0 Å². The Kier molecular flexibility index (Phi) is 4.17. The minimum Gasteiger partial charge on any atom is -0.496 e. The molecule has 0 heterocycles.